The molecule has 1 atom stereocenters. The van der Waals surface area contributed by atoms with Crippen molar-refractivity contribution < 1.29 is 14.0 Å². The average Bonchev–Trinajstić information content (AvgIpc) is 3.49. The molecule has 0 bridgehead atoms. The third-order valence-corrected chi connectivity index (χ3v) is 5.94. The van der Waals surface area contributed by atoms with E-state index in [-0.39, 0.29) is 6.10 Å². The molecule has 1 unspecified atom stereocenters. The highest BCUT2D eigenvalue weighted by molar-refractivity contribution is 6.30. The van der Waals surface area contributed by atoms with Gasteiger partial charge in [-0.05, 0) is 49.9 Å². The zero-order valence-corrected chi connectivity index (χ0v) is 18.7. The van der Waals surface area contributed by atoms with Crippen molar-refractivity contribution in [2.45, 2.75) is 44.3 Å². The number of nitrogens with zero attached hydrogens (tertiary/aromatic N) is 4. The molecule has 2 aromatic rings. The van der Waals surface area contributed by atoms with E-state index in [4.69, 9.17) is 25.6 Å². The molecule has 9 heteroatoms. The molecule has 2 aliphatic rings. The average molecular weight is 448 g/mol. The minimum absolute atomic E-state index is 0.289. The lowest BCUT2D eigenvalue weighted by atomic mass is 10.1. The van der Waals surface area contributed by atoms with Crippen LogP contribution >= 0.6 is 11.6 Å². The number of aromatic nitrogens is 2. The van der Waals surface area contributed by atoms with Crippen molar-refractivity contribution in [3.8, 4) is 11.4 Å². The molecular weight excluding hydrogens is 418 g/mol. The normalized spacial score (nSPS) is 20.4. The van der Waals surface area contributed by atoms with E-state index in [1.807, 2.05) is 31.3 Å². The van der Waals surface area contributed by atoms with Gasteiger partial charge in [-0.3, -0.25) is 4.99 Å². The molecule has 0 saturated carbocycles. The van der Waals surface area contributed by atoms with Gasteiger partial charge in [-0.25, -0.2) is 0 Å². The summed E-state index contributed by atoms with van der Waals surface area (Å²) >= 11 is 5.93. The van der Waals surface area contributed by atoms with Crippen molar-refractivity contribution in [2.24, 2.45) is 4.99 Å². The summed E-state index contributed by atoms with van der Waals surface area (Å²) in [5.74, 6) is 2.06. The van der Waals surface area contributed by atoms with Gasteiger partial charge in [-0.15, -0.1) is 0 Å². The quantitative estimate of drug-likeness (QED) is 0.515. The number of piperidine rings is 1. The largest absolute Gasteiger partial charge is 0.376 e. The first-order valence-corrected chi connectivity index (χ1v) is 11.4. The predicted octanol–water partition coefficient (Wildman–Crippen LogP) is 3.17. The SMILES string of the molecule is CN=C(NCCc1nc(-c2ccc(Cl)cc2)no1)N1CCC(OCC2CCCO2)CC1. The predicted molar refractivity (Wildman–Crippen MR) is 119 cm³/mol. The number of nitrogens with one attached hydrogen (secondary N) is 1. The van der Waals surface area contributed by atoms with Gasteiger partial charge in [-0.1, -0.05) is 16.8 Å². The highest BCUT2D eigenvalue weighted by Gasteiger charge is 2.24. The Balaban J connectivity index is 1.18. The van der Waals surface area contributed by atoms with Crippen LogP contribution in [0.3, 0.4) is 0 Å². The lowest BCUT2D eigenvalue weighted by Crippen LogP contribution is -2.47. The van der Waals surface area contributed by atoms with Crippen molar-refractivity contribution in [2.75, 3.05) is 39.9 Å². The van der Waals surface area contributed by atoms with E-state index in [1.165, 1.54) is 0 Å². The van der Waals surface area contributed by atoms with Gasteiger partial charge in [0.15, 0.2) is 5.96 Å². The molecule has 3 heterocycles. The van der Waals surface area contributed by atoms with E-state index < -0.39 is 0 Å². The van der Waals surface area contributed by atoms with Gasteiger partial charge in [0, 0.05) is 50.3 Å². The summed E-state index contributed by atoms with van der Waals surface area (Å²) in [6.07, 6.45) is 5.50. The molecule has 168 valence electrons. The van der Waals surface area contributed by atoms with E-state index in [0.29, 0.717) is 35.8 Å². The Morgan fingerprint density at radius 3 is 2.77 bits per heavy atom. The molecule has 1 aromatic carbocycles. The topological polar surface area (TPSA) is 85.0 Å². The summed E-state index contributed by atoms with van der Waals surface area (Å²) in [6, 6.07) is 7.39. The van der Waals surface area contributed by atoms with Crippen molar-refractivity contribution >= 4 is 17.6 Å². The summed E-state index contributed by atoms with van der Waals surface area (Å²) in [5, 5.41) is 8.15. The molecule has 31 heavy (non-hydrogen) atoms. The summed E-state index contributed by atoms with van der Waals surface area (Å²) in [7, 11) is 1.81. The molecule has 1 N–H and O–H groups in total. The first-order chi connectivity index (χ1) is 15.2. The number of ether oxygens (including phenoxy) is 2. The van der Waals surface area contributed by atoms with Crippen LogP contribution in [0.2, 0.25) is 5.02 Å². The maximum absolute atomic E-state index is 6.07. The van der Waals surface area contributed by atoms with Crippen LogP contribution < -0.4 is 5.32 Å². The second kappa shape index (κ2) is 10.9. The molecule has 1 aromatic heterocycles. The maximum atomic E-state index is 6.07. The molecule has 0 spiro atoms. The van der Waals surface area contributed by atoms with E-state index in [2.05, 4.69) is 25.3 Å². The summed E-state index contributed by atoms with van der Waals surface area (Å²) in [6.45, 7) is 4.12. The molecule has 2 saturated heterocycles. The van der Waals surface area contributed by atoms with Crippen molar-refractivity contribution in [1.29, 1.82) is 0 Å². The lowest BCUT2D eigenvalue weighted by molar-refractivity contribution is -0.0367. The van der Waals surface area contributed by atoms with Crippen LogP contribution in [0.1, 0.15) is 31.6 Å². The first kappa shape index (κ1) is 22.0. The van der Waals surface area contributed by atoms with Gasteiger partial charge in [0.1, 0.15) is 0 Å². The number of likely N-dealkylation sites (tertiary alicyclic amines) is 1. The number of hydrogen-bond donors (Lipinski definition) is 1. The fraction of sp³-hybridized carbons (Fsp3) is 0.591. The summed E-state index contributed by atoms with van der Waals surface area (Å²) < 4.78 is 17.1. The Morgan fingerprint density at radius 2 is 2.06 bits per heavy atom. The molecule has 2 aliphatic heterocycles. The van der Waals surface area contributed by atoms with Gasteiger partial charge >= 0.3 is 0 Å². The van der Waals surface area contributed by atoms with Crippen LogP contribution in [-0.2, 0) is 15.9 Å². The van der Waals surface area contributed by atoms with E-state index in [0.717, 1.165) is 63.5 Å². The first-order valence-electron chi connectivity index (χ1n) is 11.0. The molecule has 8 nitrogen and oxygen atoms in total. The Bertz CT molecular complexity index is 843. The number of benzene rings is 1. The number of halogens is 1. The number of hydrogen-bond acceptors (Lipinski definition) is 6. The molecule has 0 aliphatic carbocycles. The number of aliphatic imine (C=N–C) groups is 1. The van der Waals surface area contributed by atoms with Crippen molar-refractivity contribution in [1.82, 2.24) is 20.4 Å². The lowest BCUT2D eigenvalue weighted by Gasteiger charge is -2.34. The van der Waals surface area contributed by atoms with Gasteiger partial charge in [0.2, 0.25) is 11.7 Å². The zero-order valence-electron chi connectivity index (χ0n) is 17.9. The molecular formula is C22H30ClN5O3. The van der Waals surface area contributed by atoms with Crippen LogP contribution in [0.4, 0.5) is 0 Å². The molecule has 0 radical (unpaired) electrons. The Hall–Kier alpha value is -2.16. The molecule has 2 fully saturated rings. The minimum atomic E-state index is 0.289. The maximum Gasteiger partial charge on any atom is 0.228 e. The zero-order chi connectivity index (χ0) is 21.5. The van der Waals surface area contributed by atoms with Crippen molar-refractivity contribution in [3.63, 3.8) is 0 Å². The third-order valence-electron chi connectivity index (χ3n) is 5.69. The van der Waals surface area contributed by atoms with Crippen LogP contribution in [-0.4, -0.2) is 73.1 Å². The van der Waals surface area contributed by atoms with Crippen LogP contribution in [0.25, 0.3) is 11.4 Å². The van der Waals surface area contributed by atoms with Crippen molar-refractivity contribution in [3.05, 3.63) is 35.2 Å². The second-order valence-electron chi connectivity index (χ2n) is 7.90. The van der Waals surface area contributed by atoms with Gasteiger partial charge in [-0.2, -0.15) is 4.98 Å². The monoisotopic (exact) mass is 447 g/mol. The van der Waals surface area contributed by atoms with Gasteiger partial charge < -0.3 is 24.2 Å². The molecule has 0 amide bonds. The van der Waals surface area contributed by atoms with E-state index >= 15 is 0 Å². The minimum Gasteiger partial charge on any atom is -0.376 e. The molecule has 4 rings (SSSR count). The summed E-state index contributed by atoms with van der Waals surface area (Å²) in [4.78, 5) is 11.2. The third kappa shape index (κ3) is 6.18. The fourth-order valence-corrected chi connectivity index (χ4v) is 4.07. The Kier molecular flexibility index (Phi) is 7.77. The number of rotatable bonds is 7. The van der Waals surface area contributed by atoms with Gasteiger partial charge in [0.25, 0.3) is 0 Å². The second-order valence-corrected chi connectivity index (χ2v) is 8.33. The van der Waals surface area contributed by atoms with Gasteiger partial charge in [0.05, 0.1) is 18.8 Å². The standard InChI is InChI=1S/C22H30ClN5O3/c1-24-22(28-12-9-18(10-13-28)30-15-19-3-2-14-29-19)25-11-8-20-26-21(27-31-20)16-4-6-17(23)7-5-16/h4-7,18-19H,2-3,8-15H2,1H3,(H,24,25). The Labute approximate surface area is 188 Å². The highest BCUT2D eigenvalue weighted by Crippen LogP contribution is 2.19. The van der Waals surface area contributed by atoms with Crippen LogP contribution in [0.5, 0.6) is 0 Å². The van der Waals surface area contributed by atoms with E-state index in [9.17, 15) is 0 Å². The smallest absolute Gasteiger partial charge is 0.228 e. The summed E-state index contributed by atoms with van der Waals surface area (Å²) in [5.41, 5.74) is 0.882. The van der Waals surface area contributed by atoms with E-state index in [1.54, 1.807) is 0 Å². The highest BCUT2D eigenvalue weighted by atomic mass is 35.5. The van der Waals surface area contributed by atoms with Crippen LogP contribution in [0.15, 0.2) is 33.8 Å². The number of guanidine groups is 1. The van der Waals surface area contributed by atoms with Crippen LogP contribution in [0, 0.1) is 0 Å². The fourth-order valence-electron chi connectivity index (χ4n) is 3.94. The Morgan fingerprint density at radius 1 is 1.26 bits per heavy atom.